The molecule has 2 fully saturated rings. The van der Waals surface area contributed by atoms with Gasteiger partial charge in [0.1, 0.15) is 5.69 Å². The van der Waals surface area contributed by atoms with E-state index in [4.69, 9.17) is 21.4 Å². The van der Waals surface area contributed by atoms with Gasteiger partial charge < -0.3 is 19.7 Å². The topological polar surface area (TPSA) is 85.9 Å². The van der Waals surface area contributed by atoms with Crippen LogP contribution in [0.1, 0.15) is 10.5 Å². The third-order valence-electron chi connectivity index (χ3n) is 4.98. The summed E-state index contributed by atoms with van der Waals surface area (Å²) in [5.41, 5.74) is 1.37. The number of carboxylic acids is 1. The number of fused-ring (bicyclic) bond motifs is 4. The van der Waals surface area contributed by atoms with E-state index in [-0.39, 0.29) is 24.4 Å². The van der Waals surface area contributed by atoms with E-state index >= 15 is 0 Å². The summed E-state index contributed by atoms with van der Waals surface area (Å²) in [6.07, 6.45) is 0. The average Bonchev–Trinajstić information content (AvgIpc) is 2.78. The highest BCUT2D eigenvalue weighted by Gasteiger charge is 2.37. The number of H-pyrrole nitrogens is 1. The van der Waals surface area contributed by atoms with Crippen molar-refractivity contribution in [3.05, 3.63) is 35.0 Å². The smallest absolute Gasteiger partial charge is 0.317 e. The van der Waals surface area contributed by atoms with E-state index in [0.717, 1.165) is 10.9 Å². The van der Waals surface area contributed by atoms with Gasteiger partial charge in [0.25, 0.3) is 5.91 Å². The first-order chi connectivity index (χ1) is 12.5. The Morgan fingerprint density at radius 3 is 2.88 bits per heavy atom. The second-order valence-electron chi connectivity index (χ2n) is 7.02. The van der Waals surface area contributed by atoms with E-state index in [1.165, 1.54) is 0 Å². The first-order valence-electron chi connectivity index (χ1n) is 8.61. The molecule has 2 N–H and O–H groups in total. The molecule has 0 unspecified atom stereocenters. The largest absolute Gasteiger partial charge is 0.480 e. The van der Waals surface area contributed by atoms with Crippen LogP contribution in [0.4, 0.5) is 0 Å². The lowest BCUT2D eigenvalue weighted by Crippen LogP contribution is -2.47. The monoisotopic (exact) mass is 377 g/mol. The van der Waals surface area contributed by atoms with Crippen LogP contribution in [0.5, 0.6) is 0 Å². The van der Waals surface area contributed by atoms with Crippen molar-refractivity contribution >= 4 is 34.4 Å². The van der Waals surface area contributed by atoms with Gasteiger partial charge in [-0.2, -0.15) is 0 Å². The first-order valence-corrected chi connectivity index (χ1v) is 8.98. The Morgan fingerprint density at radius 1 is 1.23 bits per heavy atom. The maximum absolute atomic E-state index is 13.1. The SMILES string of the molecule is O=C(O)CN1C[C@@H]2COC[C@H](C1)N(C(=O)c1cc3cc(Cl)ccc3[nH]1)C2. The van der Waals surface area contributed by atoms with Gasteiger partial charge in [0.15, 0.2) is 0 Å². The van der Waals surface area contributed by atoms with Crippen LogP contribution in [-0.2, 0) is 9.53 Å². The van der Waals surface area contributed by atoms with Crippen molar-refractivity contribution in [2.24, 2.45) is 5.92 Å². The zero-order valence-corrected chi connectivity index (χ0v) is 14.9. The number of rotatable bonds is 3. The summed E-state index contributed by atoms with van der Waals surface area (Å²) in [6.45, 7) is 2.63. The Morgan fingerprint density at radius 2 is 2.08 bits per heavy atom. The Labute approximate surface area is 155 Å². The molecule has 3 heterocycles. The van der Waals surface area contributed by atoms with Crippen LogP contribution in [0.2, 0.25) is 5.02 Å². The molecule has 2 atom stereocenters. The van der Waals surface area contributed by atoms with E-state index in [1.807, 2.05) is 28.0 Å². The number of halogens is 1. The lowest BCUT2D eigenvalue weighted by Gasteiger charge is -2.30. The van der Waals surface area contributed by atoms with Crippen molar-refractivity contribution < 1.29 is 19.4 Å². The summed E-state index contributed by atoms with van der Waals surface area (Å²) in [5, 5.41) is 10.6. The fourth-order valence-electron chi connectivity index (χ4n) is 3.88. The molecule has 0 aliphatic carbocycles. The van der Waals surface area contributed by atoms with E-state index in [0.29, 0.717) is 43.6 Å². The van der Waals surface area contributed by atoms with Crippen LogP contribution in [0.15, 0.2) is 24.3 Å². The van der Waals surface area contributed by atoms with Gasteiger partial charge in [0.2, 0.25) is 0 Å². The molecule has 7 nitrogen and oxygen atoms in total. The fourth-order valence-corrected chi connectivity index (χ4v) is 4.06. The van der Waals surface area contributed by atoms with Crippen molar-refractivity contribution in [1.29, 1.82) is 0 Å². The molecule has 8 heteroatoms. The Bertz CT molecular complexity index is 852. The molecule has 2 bridgehead atoms. The summed E-state index contributed by atoms with van der Waals surface area (Å²) in [6, 6.07) is 7.11. The quantitative estimate of drug-likeness (QED) is 0.850. The minimum absolute atomic E-state index is 0.0140. The third-order valence-corrected chi connectivity index (χ3v) is 5.21. The van der Waals surface area contributed by atoms with Crippen LogP contribution < -0.4 is 0 Å². The van der Waals surface area contributed by atoms with Crippen LogP contribution in [0, 0.1) is 5.92 Å². The van der Waals surface area contributed by atoms with Gasteiger partial charge in [-0.25, -0.2) is 0 Å². The predicted octanol–water partition coefficient (Wildman–Crippen LogP) is 1.68. The van der Waals surface area contributed by atoms with Gasteiger partial charge >= 0.3 is 5.97 Å². The standard InChI is InChI=1S/C18H20ClN3O4/c19-13-1-2-15-12(3-13)4-16(20-15)18(25)22-6-11-5-21(8-17(23)24)7-14(22)10-26-9-11/h1-4,11,14,20H,5-10H2,(H,23,24)/t11-,14-/m0/s1. The molecule has 2 aliphatic rings. The number of aromatic amines is 1. The third kappa shape index (κ3) is 3.42. The number of hydrogen-bond donors (Lipinski definition) is 2. The predicted molar refractivity (Wildman–Crippen MR) is 96.5 cm³/mol. The number of carbonyl (C=O) groups excluding carboxylic acids is 1. The summed E-state index contributed by atoms with van der Waals surface area (Å²) in [4.78, 5) is 31.1. The molecule has 2 saturated heterocycles. The molecule has 0 saturated carbocycles. The van der Waals surface area contributed by atoms with E-state index < -0.39 is 5.97 Å². The number of benzene rings is 1. The number of carbonyl (C=O) groups is 2. The van der Waals surface area contributed by atoms with Crippen molar-refractivity contribution in [3.63, 3.8) is 0 Å². The summed E-state index contributed by atoms with van der Waals surface area (Å²) in [5.74, 6) is -0.837. The number of nitrogens with zero attached hydrogens (tertiary/aromatic N) is 2. The lowest BCUT2D eigenvalue weighted by atomic mass is 10.1. The van der Waals surface area contributed by atoms with E-state index in [2.05, 4.69) is 4.98 Å². The zero-order valence-electron chi connectivity index (χ0n) is 14.2. The molecule has 0 spiro atoms. The molecule has 138 valence electrons. The number of hydrogen-bond acceptors (Lipinski definition) is 4. The number of carboxylic acid groups (broad SMARTS) is 1. The lowest BCUT2D eigenvalue weighted by molar-refractivity contribution is -0.138. The van der Waals surface area contributed by atoms with Gasteiger partial charge in [0, 0.05) is 41.5 Å². The van der Waals surface area contributed by atoms with Crippen LogP contribution in [0.25, 0.3) is 10.9 Å². The highest BCUT2D eigenvalue weighted by atomic mass is 35.5. The molecular formula is C18H20ClN3O4. The van der Waals surface area contributed by atoms with Crippen molar-refractivity contribution in [1.82, 2.24) is 14.8 Å². The van der Waals surface area contributed by atoms with E-state index in [9.17, 15) is 9.59 Å². The van der Waals surface area contributed by atoms with E-state index in [1.54, 1.807) is 6.07 Å². The van der Waals surface area contributed by atoms with Crippen molar-refractivity contribution in [2.45, 2.75) is 6.04 Å². The van der Waals surface area contributed by atoms with Crippen molar-refractivity contribution in [3.8, 4) is 0 Å². The first kappa shape index (κ1) is 17.3. The Kier molecular flexibility index (Phi) is 4.60. The average molecular weight is 378 g/mol. The molecule has 1 aromatic carbocycles. The normalized spacial score (nSPS) is 23.8. The molecular weight excluding hydrogens is 358 g/mol. The molecule has 1 aromatic heterocycles. The minimum Gasteiger partial charge on any atom is -0.480 e. The molecule has 4 rings (SSSR count). The minimum atomic E-state index is -0.851. The maximum atomic E-state index is 13.1. The maximum Gasteiger partial charge on any atom is 0.317 e. The van der Waals surface area contributed by atoms with Crippen LogP contribution >= 0.6 is 11.6 Å². The molecule has 2 aromatic rings. The second-order valence-corrected chi connectivity index (χ2v) is 7.45. The van der Waals surface area contributed by atoms with Gasteiger partial charge in [0.05, 0.1) is 25.8 Å². The Hall–Kier alpha value is -2.09. The molecule has 26 heavy (non-hydrogen) atoms. The van der Waals surface area contributed by atoms with Gasteiger partial charge in [-0.05, 0) is 24.3 Å². The summed E-state index contributed by atoms with van der Waals surface area (Å²) < 4.78 is 5.71. The van der Waals surface area contributed by atoms with Gasteiger partial charge in [-0.3, -0.25) is 14.5 Å². The van der Waals surface area contributed by atoms with Gasteiger partial charge in [-0.1, -0.05) is 11.6 Å². The number of amides is 1. The van der Waals surface area contributed by atoms with Crippen LogP contribution in [-0.4, -0.2) is 77.2 Å². The van der Waals surface area contributed by atoms with Crippen molar-refractivity contribution in [2.75, 3.05) is 39.4 Å². The van der Waals surface area contributed by atoms with Gasteiger partial charge in [-0.15, -0.1) is 0 Å². The molecule has 0 radical (unpaired) electrons. The molecule has 2 aliphatic heterocycles. The number of ether oxygens (including phenoxy) is 1. The number of aliphatic carboxylic acids is 1. The molecule has 1 amide bonds. The Balaban J connectivity index is 1.60. The highest BCUT2D eigenvalue weighted by Crippen LogP contribution is 2.24. The highest BCUT2D eigenvalue weighted by molar-refractivity contribution is 6.31. The fraction of sp³-hybridized carbons (Fsp3) is 0.444. The van der Waals surface area contributed by atoms with Crippen LogP contribution in [0.3, 0.4) is 0 Å². The zero-order chi connectivity index (χ0) is 18.3. The summed E-state index contributed by atoms with van der Waals surface area (Å²) >= 11 is 6.03. The second kappa shape index (κ2) is 6.90. The number of aromatic nitrogens is 1. The number of nitrogens with one attached hydrogen (secondary N) is 1. The summed E-state index contributed by atoms with van der Waals surface area (Å²) in [7, 11) is 0.